The van der Waals surface area contributed by atoms with Gasteiger partial charge in [0, 0.05) is 18.8 Å². The molecular formula is C22H27F3N2O3. The summed E-state index contributed by atoms with van der Waals surface area (Å²) in [6, 6.07) is 9.11. The zero-order valence-corrected chi connectivity index (χ0v) is 18.1. The minimum Gasteiger partial charge on any atom is -0.456 e. The number of alkyl halides is 3. The van der Waals surface area contributed by atoms with E-state index in [9.17, 15) is 22.8 Å². The Balaban J connectivity index is 2.74. The minimum atomic E-state index is -5.08. The molecule has 1 aromatic heterocycles. The molecular weight excluding hydrogens is 397 g/mol. The first-order valence-corrected chi connectivity index (χ1v) is 9.63. The second-order valence-electron chi connectivity index (χ2n) is 8.03. The van der Waals surface area contributed by atoms with Crippen LogP contribution in [-0.2, 0) is 16.1 Å². The van der Waals surface area contributed by atoms with Gasteiger partial charge in [-0.2, -0.15) is 13.2 Å². The SMILES string of the molecule is CCN(C(=O)C(F)(F)F)c1c(C(=O)OC(C)(C)C)c(C)c(C)n1Cc1ccccc1. The number of carbonyl (C=O) groups is 2. The highest BCUT2D eigenvalue weighted by atomic mass is 19.4. The number of carbonyl (C=O) groups excluding carboxylic acids is 2. The molecule has 0 atom stereocenters. The van der Waals surface area contributed by atoms with E-state index in [1.807, 2.05) is 30.3 Å². The summed E-state index contributed by atoms with van der Waals surface area (Å²) in [5.41, 5.74) is 1.01. The minimum absolute atomic E-state index is 0.0298. The predicted molar refractivity (Wildman–Crippen MR) is 109 cm³/mol. The van der Waals surface area contributed by atoms with E-state index in [4.69, 9.17) is 4.74 Å². The molecule has 30 heavy (non-hydrogen) atoms. The number of amides is 1. The molecule has 1 heterocycles. The second kappa shape index (κ2) is 8.53. The van der Waals surface area contributed by atoms with Gasteiger partial charge in [-0.15, -0.1) is 0 Å². The lowest BCUT2D eigenvalue weighted by atomic mass is 10.1. The summed E-state index contributed by atoms with van der Waals surface area (Å²) in [6.45, 7) is 9.75. The zero-order valence-electron chi connectivity index (χ0n) is 18.1. The number of ether oxygens (including phenoxy) is 1. The number of rotatable bonds is 5. The molecule has 2 aromatic rings. The molecule has 1 aromatic carbocycles. The normalized spacial score (nSPS) is 12.0. The highest BCUT2D eigenvalue weighted by Gasteiger charge is 2.45. The van der Waals surface area contributed by atoms with Gasteiger partial charge in [-0.3, -0.25) is 9.69 Å². The maximum absolute atomic E-state index is 13.3. The van der Waals surface area contributed by atoms with Crippen molar-refractivity contribution in [2.24, 2.45) is 0 Å². The van der Waals surface area contributed by atoms with E-state index in [1.54, 1.807) is 39.2 Å². The molecule has 0 saturated carbocycles. The van der Waals surface area contributed by atoms with Gasteiger partial charge in [0.15, 0.2) is 0 Å². The molecule has 1 amide bonds. The van der Waals surface area contributed by atoms with Crippen molar-refractivity contribution >= 4 is 17.7 Å². The lowest BCUT2D eigenvalue weighted by Crippen LogP contribution is -2.43. The third kappa shape index (κ3) is 5.04. The molecule has 0 aliphatic rings. The van der Waals surface area contributed by atoms with Gasteiger partial charge in [-0.25, -0.2) is 4.79 Å². The zero-order chi connectivity index (χ0) is 22.9. The highest BCUT2D eigenvalue weighted by molar-refractivity contribution is 6.05. The molecule has 0 unspecified atom stereocenters. The molecule has 0 bridgehead atoms. The summed E-state index contributed by atoms with van der Waals surface area (Å²) in [5.74, 6) is -2.90. The van der Waals surface area contributed by atoms with Crippen LogP contribution >= 0.6 is 0 Å². The summed E-state index contributed by atoms with van der Waals surface area (Å²) in [5, 5.41) is 0. The van der Waals surface area contributed by atoms with E-state index in [-0.39, 0.29) is 24.5 Å². The number of halogens is 3. The number of nitrogens with zero attached hydrogens (tertiary/aromatic N) is 2. The molecule has 5 nitrogen and oxygen atoms in total. The fourth-order valence-electron chi connectivity index (χ4n) is 3.20. The monoisotopic (exact) mass is 424 g/mol. The Morgan fingerprint density at radius 1 is 1.07 bits per heavy atom. The number of esters is 1. The number of benzene rings is 1. The fraction of sp³-hybridized carbons (Fsp3) is 0.455. The van der Waals surface area contributed by atoms with Crippen molar-refractivity contribution in [2.75, 3.05) is 11.4 Å². The highest BCUT2D eigenvalue weighted by Crippen LogP contribution is 2.35. The van der Waals surface area contributed by atoms with Crippen LogP contribution in [0.4, 0.5) is 19.0 Å². The average Bonchev–Trinajstić information content (AvgIpc) is 2.86. The van der Waals surface area contributed by atoms with Crippen LogP contribution in [0.2, 0.25) is 0 Å². The van der Waals surface area contributed by atoms with Crippen molar-refractivity contribution in [3.63, 3.8) is 0 Å². The second-order valence-corrected chi connectivity index (χ2v) is 8.03. The summed E-state index contributed by atoms with van der Waals surface area (Å²) >= 11 is 0. The average molecular weight is 424 g/mol. The largest absolute Gasteiger partial charge is 0.471 e. The first-order chi connectivity index (χ1) is 13.8. The maximum atomic E-state index is 13.3. The first kappa shape index (κ1) is 23.5. The Labute approximate surface area is 174 Å². The summed E-state index contributed by atoms with van der Waals surface area (Å²) in [4.78, 5) is 25.8. The van der Waals surface area contributed by atoms with Crippen LogP contribution in [-0.4, -0.2) is 34.8 Å². The topological polar surface area (TPSA) is 51.5 Å². The number of hydrogen-bond acceptors (Lipinski definition) is 3. The van der Waals surface area contributed by atoms with Gasteiger partial charge in [0.05, 0.1) is 0 Å². The van der Waals surface area contributed by atoms with Crippen LogP contribution in [0.5, 0.6) is 0 Å². The summed E-state index contributed by atoms with van der Waals surface area (Å²) in [6.07, 6.45) is -5.08. The molecule has 2 rings (SSSR count). The Morgan fingerprint density at radius 3 is 2.10 bits per heavy atom. The van der Waals surface area contributed by atoms with Crippen molar-refractivity contribution in [2.45, 2.75) is 59.9 Å². The third-order valence-corrected chi connectivity index (χ3v) is 4.65. The van der Waals surface area contributed by atoms with E-state index in [0.717, 1.165) is 5.56 Å². The van der Waals surface area contributed by atoms with Crippen LogP contribution in [0.1, 0.15) is 54.9 Å². The molecule has 0 saturated heterocycles. The summed E-state index contributed by atoms with van der Waals surface area (Å²) in [7, 11) is 0. The van der Waals surface area contributed by atoms with Crippen LogP contribution in [0, 0.1) is 13.8 Å². The van der Waals surface area contributed by atoms with E-state index in [2.05, 4.69) is 0 Å². The van der Waals surface area contributed by atoms with E-state index < -0.39 is 23.7 Å². The van der Waals surface area contributed by atoms with Gasteiger partial charge in [0.2, 0.25) is 0 Å². The standard InChI is InChI=1S/C22H27F3N2O3/c1-7-26(20(29)22(23,24)25)18-17(19(28)30-21(4,5)6)14(2)15(3)27(18)13-16-11-9-8-10-12-16/h8-12H,7,13H2,1-6H3. The maximum Gasteiger partial charge on any atom is 0.471 e. The molecule has 0 aliphatic heterocycles. The smallest absolute Gasteiger partial charge is 0.456 e. The van der Waals surface area contributed by atoms with Gasteiger partial charge < -0.3 is 9.30 Å². The lowest BCUT2D eigenvalue weighted by Gasteiger charge is -2.26. The van der Waals surface area contributed by atoms with Gasteiger partial charge in [0.25, 0.3) is 0 Å². The van der Waals surface area contributed by atoms with Gasteiger partial charge >= 0.3 is 18.1 Å². The Hall–Kier alpha value is -2.77. The molecule has 0 aliphatic carbocycles. The van der Waals surface area contributed by atoms with Crippen molar-refractivity contribution < 1.29 is 27.5 Å². The molecule has 8 heteroatoms. The molecule has 0 spiro atoms. The van der Waals surface area contributed by atoms with Crippen LogP contribution in [0.25, 0.3) is 0 Å². The Morgan fingerprint density at radius 2 is 1.63 bits per heavy atom. The molecule has 0 radical (unpaired) electrons. The number of aromatic nitrogens is 1. The van der Waals surface area contributed by atoms with Crippen LogP contribution in [0.15, 0.2) is 30.3 Å². The molecule has 0 fully saturated rings. The van der Waals surface area contributed by atoms with Crippen LogP contribution in [0.3, 0.4) is 0 Å². The quantitative estimate of drug-likeness (QED) is 0.633. The van der Waals surface area contributed by atoms with Gasteiger partial charge in [0.1, 0.15) is 17.0 Å². The van der Waals surface area contributed by atoms with E-state index >= 15 is 0 Å². The lowest BCUT2D eigenvalue weighted by molar-refractivity contribution is -0.170. The van der Waals surface area contributed by atoms with E-state index in [0.29, 0.717) is 16.2 Å². The van der Waals surface area contributed by atoms with Gasteiger partial charge in [-0.05, 0) is 52.7 Å². The van der Waals surface area contributed by atoms with Crippen molar-refractivity contribution in [1.82, 2.24) is 4.57 Å². The number of hydrogen-bond donors (Lipinski definition) is 0. The third-order valence-electron chi connectivity index (χ3n) is 4.65. The van der Waals surface area contributed by atoms with Crippen molar-refractivity contribution in [3.05, 3.63) is 52.7 Å². The van der Waals surface area contributed by atoms with E-state index in [1.165, 1.54) is 6.92 Å². The summed E-state index contributed by atoms with van der Waals surface area (Å²) < 4.78 is 47.0. The first-order valence-electron chi connectivity index (χ1n) is 9.63. The van der Waals surface area contributed by atoms with Crippen molar-refractivity contribution in [1.29, 1.82) is 0 Å². The van der Waals surface area contributed by atoms with Gasteiger partial charge in [-0.1, -0.05) is 30.3 Å². The fourth-order valence-corrected chi connectivity index (χ4v) is 3.20. The Bertz CT molecular complexity index is 926. The predicted octanol–water partition coefficient (Wildman–Crippen LogP) is 5.02. The van der Waals surface area contributed by atoms with Crippen LogP contribution < -0.4 is 4.90 Å². The Kier molecular flexibility index (Phi) is 6.69. The molecule has 164 valence electrons. The number of anilines is 1. The van der Waals surface area contributed by atoms with Crippen molar-refractivity contribution in [3.8, 4) is 0 Å². The molecule has 0 N–H and O–H groups in total.